The van der Waals surface area contributed by atoms with Crippen LogP contribution in [0.25, 0.3) is 21.7 Å². The second-order valence-corrected chi connectivity index (χ2v) is 6.85. The molecule has 0 atom stereocenters. The molecule has 0 bridgehead atoms. The van der Waals surface area contributed by atoms with Crippen molar-refractivity contribution in [1.29, 1.82) is 0 Å². The summed E-state index contributed by atoms with van der Waals surface area (Å²) in [5.74, 6) is 0.927. The number of nitrogens with zero attached hydrogens (tertiary/aromatic N) is 3. The predicted octanol–water partition coefficient (Wildman–Crippen LogP) is 3.81. The molecule has 104 valence electrons. The second kappa shape index (κ2) is 4.31. The Labute approximate surface area is 122 Å². The molecule has 3 aromatic rings. The van der Waals surface area contributed by atoms with E-state index in [2.05, 4.69) is 35.7 Å². The molecule has 3 rings (SSSR count). The molecule has 0 saturated carbocycles. The number of fused-ring (bicyclic) bond motifs is 1. The maximum absolute atomic E-state index is 6.21. The van der Waals surface area contributed by atoms with Gasteiger partial charge >= 0.3 is 0 Å². The molecule has 0 aliphatic rings. The first kappa shape index (κ1) is 13.1. The highest BCUT2D eigenvalue weighted by Crippen LogP contribution is 2.38. The van der Waals surface area contributed by atoms with E-state index >= 15 is 0 Å². The highest BCUT2D eigenvalue weighted by Gasteiger charge is 2.24. The lowest BCUT2D eigenvalue weighted by molar-refractivity contribution is 0.413. The number of thiophene rings is 1. The quantitative estimate of drug-likeness (QED) is 0.740. The van der Waals surface area contributed by atoms with Gasteiger partial charge in [0.25, 0.3) is 0 Å². The summed E-state index contributed by atoms with van der Waals surface area (Å²) < 4.78 is 2.24. The van der Waals surface area contributed by atoms with E-state index in [0.29, 0.717) is 0 Å². The lowest BCUT2D eigenvalue weighted by Crippen LogP contribution is -2.22. The molecule has 3 aromatic heterocycles. The molecule has 0 fully saturated rings. The standard InChI is InChI=1S/C15H18N4S/c1-9-8-20-13(12(9)16)14-18-10-7-17-6-5-11(10)19(14)15(2,3)4/h5-8H,16H2,1-4H3. The van der Waals surface area contributed by atoms with Crippen molar-refractivity contribution in [3.63, 3.8) is 0 Å². The van der Waals surface area contributed by atoms with Crippen molar-refractivity contribution < 1.29 is 0 Å². The lowest BCUT2D eigenvalue weighted by atomic mass is 10.1. The molecule has 4 nitrogen and oxygen atoms in total. The summed E-state index contributed by atoms with van der Waals surface area (Å²) in [6, 6.07) is 2.01. The lowest BCUT2D eigenvalue weighted by Gasteiger charge is -2.24. The van der Waals surface area contributed by atoms with Gasteiger partial charge in [-0.2, -0.15) is 0 Å². The van der Waals surface area contributed by atoms with E-state index in [-0.39, 0.29) is 5.54 Å². The van der Waals surface area contributed by atoms with Crippen LogP contribution in [0, 0.1) is 6.92 Å². The molecular formula is C15H18N4S. The van der Waals surface area contributed by atoms with Crippen LogP contribution >= 0.6 is 11.3 Å². The number of hydrogen-bond donors (Lipinski definition) is 1. The SMILES string of the molecule is Cc1csc(-c2nc3cnccc3n2C(C)(C)C)c1N. The summed E-state index contributed by atoms with van der Waals surface area (Å²) in [6.07, 6.45) is 3.61. The van der Waals surface area contributed by atoms with Gasteiger partial charge < -0.3 is 10.3 Å². The summed E-state index contributed by atoms with van der Waals surface area (Å²) in [4.78, 5) is 9.96. The van der Waals surface area contributed by atoms with E-state index in [0.717, 1.165) is 33.0 Å². The number of pyridine rings is 1. The van der Waals surface area contributed by atoms with Crippen LogP contribution in [0.3, 0.4) is 0 Å². The molecular weight excluding hydrogens is 268 g/mol. The highest BCUT2D eigenvalue weighted by atomic mass is 32.1. The Morgan fingerprint density at radius 2 is 2.05 bits per heavy atom. The van der Waals surface area contributed by atoms with E-state index in [9.17, 15) is 0 Å². The molecule has 0 spiro atoms. The first-order chi connectivity index (χ1) is 9.39. The first-order valence-electron chi connectivity index (χ1n) is 6.56. The fourth-order valence-electron chi connectivity index (χ4n) is 2.39. The predicted molar refractivity (Wildman–Crippen MR) is 85.0 cm³/mol. The average Bonchev–Trinajstić information content (AvgIpc) is 2.90. The van der Waals surface area contributed by atoms with Crippen molar-refractivity contribution in [3.8, 4) is 10.7 Å². The largest absolute Gasteiger partial charge is 0.397 e. The van der Waals surface area contributed by atoms with Gasteiger partial charge in [0.1, 0.15) is 5.52 Å². The van der Waals surface area contributed by atoms with Crippen LogP contribution in [0.15, 0.2) is 23.8 Å². The Balaban J connectivity index is 2.38. The maximum atomic E-state index is 6.21. The molecule has 0 amide bonds. The Bertz CT molecular complexity index is 777. The van der Waals surface area contributed by atoms with E-state index in [4.69, 9.17) is 10.7 Å². The van der Waals surface area contributed by atoms with Crippen molar-refractivity contribution in [2.24, 2.45) is 0 Å². The summed E-state index contributed by atoms with van der Waals surface area (Å²) in [5.41, 5.74) is 10.1. The molecule has 5 heteroatoms. The van der Waals surface area contributed by atoms with Crippen molar-refractivity contribution in [2.75, 3.05) is 5.73 Å². The number of hydrogen-bond acceptors (Lipinski definition) is 4. The zero-order chi connectivity index (χ0) is 14.5. The van der Waals surface area contributed by atoms with Crippen LogP contribution in [0.4, 0.5) is 5.69 Å². The topological polar surface area (TPSA) is 56.7 Å². The second-order valence-electron chi connectivity index (χ2n) is 5.97. The minimum atomic E-state index is -0.0736. The van der Waals surface area contributed by atoms with Gasteiger partial charge in [-0.3, -0.25) is 4.98 Å². The smallest absolute Gasteiger partial charge is 0.153 e. The van der Waals surface area contributed by atoms with Crippen LogP contribution in [0.1, 0.15) is 26.3 Å². The average molecular weight is 286 g/mol. The number of aromatic nitrogens is 3. The normalized spacial score (nSPS) is 12.2. The van der Waals surface area contributed by atoms with Crippen LogP contribution in [0.5, 0.6) is 0 Å². The summed E-state index contributed by atoms with van der Waals surface area (Å²) in [6.45, 7) is 8.55. The molecule has 0 radical (unpaired) electrons. The molecule has 0 aliphatic carbocycles. The summed E-state index contributed by atoms with van der Waals surface area (Å²) in [7, 11) is 0. The van der Waals surface area contributed by atoms with Crippen molar-refractivity contribution in [2.45, 2.75) is 33.2 Å². The summed E-state index contributed by atoms with van der Waals surface area (Å²) >= 11 is 1.65. The van der Waals surface area contributed by atoms with Crippen LogP contribution < -0.4 is 5.73 Å². The van der Waals surface area contributed by atoms with Gasteiger partial charge in [0.05, 0.1) is 22.3 Å². The number of rotatable bonds is 1. The van der Waals surface area contributed by atoms with E-state index < -0.39 is 0 Å². The fourth-order valence-corrected chi connectivity index (χ4v) is 3.34. The number of imidazole rings is 1. The monoisotopic (exact) mass is 286 g/mol. The van der Waals surface area contributed by atoms with Crippen LogP contribution in [-0.4, -0.2) is 14.5 Å². The van der Waals surface area contributed by atoms with Gasteiger partial charge in [-0.05, 0) is 44.7 Å². The van der Waals surface area contributed by atoms with E-state index in [1.165, 1.54) is 0 Å². The van der Waals surface area contributed by atoms with Gasteiger partial charge in [0.15, 0.2) is 5.82 Å². The third kappa shape index (κ3) is 1.89. The first-order valence-corrected chi connectivity index (χ1v) is 7.44. The zero-order valence-corrected chi connectivity index (χ0v) is 13.0. The van der Waals surface area contributed by atoms with Crippen molar-refractivity contribution >= 4 is 28.1 Å². The molecule has 0 aromatic carbocycles. The van der Waals surface area contributed by atoms with Gasteiger partial charge in [0.2, 0.25) is 0 Å². The molecule has 20 heavy (non-hydrogen) atoms. The molecule has 0 aliphatic heterocycles. The van der Waals surface area contributed by atoms with Gasteiger partial charge in [-0.25, -0.2) is 4.98 Å². The van der Waals surface area contributed by atoms with E-state index in [1.54, 1.807) is 23.7 Å². The Morgan fingerprint density at radius 3 is 2.65 bits per heavy atom. The molecule has 0 unspecified atom stereocenters. The number of aryl methyl sites for hydroxylation is 1. The summed E-state index contributed by atoms with van der Waals surface area (Å²) in [5, 5.41) is 2.08. The Morgan fingerprint density at radius 1 is 1.30 bits per heavy atom. The minimum Gasteiger partial charge on any atom is -0.397 e. The zero-order valence-electron chi connectivity index (χ0n) is 12.1. The van der Waals surface area contributed by atoms with Crippen LogP contribution in [-0.2, 0) is 5.54 Å². The maximum Gasteiger partial charge on any atom is 0.153 e. The third-order valence-corrected chi connectivity index (χ3v) is 4.46. The number of anilines is 1. The van der Waals surface area contributed by atoms with Gasteiger partial charge in [-0.15, -0.1) is 11.3 Å². The minimum absolute atomic E-state index is 0.0736. The van der Waals surface area contributed by atoms with Crippen molar-refractivity contribution in [1.82, 2.24) is 14.5 Å². The van der Waals surface area contributed by atoms with Crippen molar-refractivity contribution in [3.05, 3.63) is 29.4 Å². The van der Waals surface area contributed by atoms with Gasteiger partial charge in [0, 0.05) is 11.7 Å². The van der Waals surface area contributed by atoms with E-state index in [1.807, 2.05) is 13.0 Å². The molecule has 0 saturated heterocycles. The Kier molecular flexibility index (Phi) is 2.83. The number of nitrogens with two attached hydrogens (primary N) is 1. The van der Waals surface area contributed by atoms with Gasteiger partial charge in [-0.1, -0.05) is 0 Å². The highest BCUT2D eigenvalue weighted by molar-refractivity contribution is 7.14. The number of nitrogen functional groups attached to an aromatic ring is 1. The fraction of sp³-hybridized carbons (Fsp3) is 0.333. The third-order valence-electron chi connectivity index (χ3n) is 3.35. The molecule has 3 heterocycles. The Hall–Kier alpha value is -1.88. The molecule has 2 N–H and O–H groups in total. The van der Waals surface area contributed by atoms with Crippen LogP contribution in [0.2, 0.25) is 0 Å².